The molecule has 1 aromatic heterocycles. The monoisotopic (exact) mass is 496 g/mol. The molecule has 2 aliphatic heterocycles. The number of nitrogens with zero attached hydrogens (tertiary/aromatic N) is 3. The fourth-order valence-electron chi connectivity index (χ4n) is 4.00. The number of anilines is 2. The normalized spacial score (nSPS) is 17.2. The lowest BCUT2D eigenvalue weighted by molar-refractivity contribution is -0.130. The topological polar surface area (TPSA) is 82.6 Å². The van der Waals surface area contributed by atoms with Crippen LogP contribution in [0.2, 0.25) is 0 Å². The summed E-state index contributed by atoms with van der Waals surface area (Å²) in [6.45, 7) is 1.86. The van der Waals surface area contributed by atoms with E-state index in [4.69, 9.17) is 0 Å². The van der Waals surface area contributed by atoms with Crippen molar-refractivity contribution in [2.24, 2.45) is 5.92 Å². The first-order valence-corrected chi connectivity index (χ1v) is 11.6. The summed E-state index contributed by atoms with van der Waals surface area (Å²) in [5, 5.41) is 2.84. The first kappa shape index (κ1) is 22.2. The Morgan fingerprint density at radius 2 is 1.81 bits per heavy atom. The third-order valence-electron chi connectivity index (χ3n) is 5.85. The Labute approximate surface area is 195 Å². The Morgan fingerprint density at radius 1 is 1.06 bits per heavy atom. The molecule has 0 unspecified atom stereocenters. The number of carbonyl (C=O) groups is 3. The standard InChI is InChI=1S/C24H25BrN4O3/c25-19-6-9-21(26-16-19)27-24(32)18-11-14-28(15-12-18)22(30)10-5-17-3-7-20(8-4-17)29-13-1-2-23(29)31/h3-10,16,18H,1-2,11-15H2,(H,26,27,32). The molecule has 3 amide bonds. The van der Waals surface area contributed by atoms with Crippen LogP contribution >= 0.6 is 15.9 Å². The lowest BCUT2D eigenvalue weighted by Gasteiger charge is -2.30. The van der Waals surface area contributed by atoms with Crippen molar-refractivity contribution in [2.45, 2.75) is 25.7 Å². The maximum Gasteiger partial charge on any atom is 0.246 e. The number of rotatable bonds is 5. The van der Waals surface area contributed by atoms with Crippen molar-refractivity contribution in [3.8, 4) is 0 Å². The highest BCUT2D eigenvalue weighted by Crippen LogP contribution is 2.23. The highest BCUT2D eigenvalue weighted by molar-refractivity contribution is 9.10. The molecule has 0 atom stereocenters. The first-order chi connectivity index (χ1) is 15.5. The number of pyridine rings is 1. The zero-order valence-corrected chi connectivity index (χ0v) is 19.3. The molecule has 8 heteroatoms. The van der Waals surface area contributed by atoms with Gasteiger partial charge in [-0.2, -0.15) is 0 Å². The van der Waals surface area contributed by atoms with Gasteiger partial charge in [-0.1, -0.05) is 12.1 Å². The Bertz CT molecular complexity index is 1010. The molecule has 166 valence electrons. The highest BCUT2D eigenvalue weighted by atomic mass is 79.9. The van der Waals surface area contributed by atoms with E-state index in [1.807, 2.05) is 30.3 Å². The van der Waals surface area contributed by atoms with Gasteiger partial charge in [-0.15, -0.1) is 0 Å². The van der Waals surface area contributed by atoms with Crippen molar-refractivity contribution in [1.29, 1.82) is 0 Å². The molecule has 32 heavy (non-hydrogen) atoms. The molecular weight excluding hydrogens is 472 g/mol. The van der Waals surface area contributed by atoms with Gasteiger partial charge in [-0.25, -0.2) is 4.98 Å². The van der Waals surface area contributed by atoms with Crippen molar-refractivity contribution in [1.82, 2.24) is 9.88 Å². The SMILES string of the molecule is O=C(Nc1ccc(Br)cn1)C1CCN(C(=O)C=Cc2ccc(N3CCCC3=O)cc2)CC1. The van der Waals surface area contributed by atoms with Gasteiger partial charge in [0.05, 0.1) is 0 Å². The number of amides is 3. The van der Waals surface area contributed by atoms with Gasteiger partial charge in [-0.3, -0.25) is 14.4 Å². The fourth-order valence-corrected chi connectivity index (χ4v) is 4.23. The minimum absolute atomic E-state index is 0.0564. The average Bonchev–Trinajstić information content (AvgIpc) is 3.25. The van der Waals surface area contributed by atoms with Gasteiger partial charge in [0.15, 0.2) is 0 Å². The Balaban J connectivity index is 1.26. The van der Waals surface area contributed by atoms with Crippen LogP contribution in [0.15, 0.2) is 53.1 Å². The van der Waals surface area contributed by atoms with Gasteiger partial charge in [0.25, 0.3) is 0 Å². The highest BCUT2D eigenvalue weighted by Gasteiger charge is 2.27. The summed E-state index contributed by atoms with van der Waals surface area (Å²) in [6, 6.07) is 11.2. The molecule has 3 heterocycles. The van der Waals surface area contributed by atoms with Gasteiger partial charge < -0.3 is 15.1 Å². The number of halogens is 1. The van der Waals surface area contributed by atoms with Gasteiger partial charge in [-0.05, 0) is 71.1 Å². The van der Waals surface area contributed by atoms with E-state index in [0.717, 1.165) is 28.7 Å². The summed E-state index contributed by atoms with van der Waals surface area (Å²) in [7, 11) is 0. The number of benzene rings is 1. The maximum atomic E-state index is 12.6. The summed E-state index contributed by atoms with van der Waals surface area (Å²) in [4.78, 5) is 44.6. The number of likely N-dealkylation sites (tertiary alicyclic amines) is 1. The van der Waals surface area contributed by atoms with Crippen molar-refractivity contribution in [3.63, 3.8) is 0 Å². The molecular formula is C24H25BrN4O3. The van der Waals surface area contributed by atoms with E-state index in [1.54, 1.807) is 34.2 Å². The summed E-state index contributed by atoms with van der Waals surface area (Å²) in [5.41, 5.74) is 1.81. The van der Waals surface area contributed by atoms with Crippen LogP contribution in [0.3, 0.4) is 0 Å². The molecule has 2 saturated heterocycles. The first-order valence-electron chi connectivity index (χ1n) is 10.8. The average molecular weight is 497 g/mol. The quantitative estimate of drug-likeness (QED) is 0.637. The zero-order valence-electron chi connectivity index (χ0n) is 17.7. The molecule has 1 N–H and O–H groups in total. The second kappa shape index (κ2) is 10.1. The van der Waals surface area contributed by atoms with E-state index in [2.05, 4.69) is 26.2 Å². The lowest BCUT2D eigenvalue weighted by Crippen LogP contribution is -2.40. The summed E-state index contributed by atoms with van der Waals surface area (Å²) >= 11 is 3.32. The van der Waals surface area contributed by atoms with Gasteiger partial charge in [0, 0.05) is 54.4 Å². The van der Waals surface area contributed by atoms with E-state index < -0.39 is 0 Å². The molecule has 0 radical (unpaired) electrons. The lowest BCUT2D eigenvalue weighted by atomic mass is 9.96. The van der Waals surface area contributed by atoms with Crippen LogP contribution < -0.4 is 10.2 Å². The fraction of sp³-hybridized carbons (Fsp3) is 0.333. The summed E-state index contributed by atoms with van der Waals surface area (Å²) < 4.78 is 0.855. The summed E-state index contributed by atoms with van der Waals surface area (Å²) in [5.74, 6) is 0.444. The molecule has 1 aromatic carbocycles. The minimum Gasteiger partial charge on any atom is -0.339 e. The number of aromatic nitrogens is 1. The molecule has 0 aliphatic carbocycles. The van der Waals surface area contributed by atoms with Crippen LogP contribution in [0.1, 0.15) is 31.2 Å². The van der Waals surface area contributed by atoms with Crippen molar-refractivity contribution in [3.05, 3.63) is 58.7 Å². The number of hydrogen-bond acceptors (Lipinski definition) is 4. The third-order valence-corrected chi connectivity index (χ3v) is 6.32. The molecule has 2 aromatic rings. The summed E-state index contributed by atoms with van der Waals surface area (Å²) in [6.07, 6.45) is 7.76. The molecule has 0 spiro atoms. The van der Waals surface area contributed by atoms with Crippen LogP contribution in [-0.2, 0) is 14.4 Å². The van der Waals surface area contributed by atoms with Crippen molar-refractivity contribution >= 4 is 51.2 Å². The third kappa shape index (κ3) is 5.43. The zero-order chi connectivity index (χ0) is 22.5. The number of hydrogen-bond donors (Lipinski definition) is 1. The number of nitrogens with one attached hydrogen (secondary N) is 1. The predicted molar refractivity (Wildman–Crippen MR) is 127 cm³/mol. The molecule has 0 bridgehead atoms. The van der Waals surface area contributed by atoms with Gasteiger partial charge in [0.2, 0.25) is 17.7 Å². The van der Waals surface area contributed by atoms with E-state index in [1.165, 1.54) is 0 Å². The maximum absolute atomic E-state index is 12.6. The largest absolute Gasteiger partial charge is 0.339 e. The van der Waals surface area contributed by atoms with Crippen molar-refractivity contribution in [2.75, 3.05) is 29.9 Å². The van der Waals surface area contributed by atoms with Gasteiger partial charge >= 0.3 is 0 Å². The second-order valence-corrected chi connectivity index (χ2v) is 8.94. The number of piperidine rings is 1. The van der Waals surface area contributed by atoms with Crippen molar-refractivity contribution < 1.29 is 14.4 Å². The van der Waals surface area contributed by atoms with Gasteiger partial charge in [0.1, 0.15) is 5.82 Å². The Kier molecular flexibility index (Phi) is 6.99. The Morgan fingerprint density at radius 3 is 2.44 bits per heavy atom. The van der Waals surface area contributed by atoms with Crippen LogP contribution in [-0.4, -0.2) is 47.2 Å². The van der Waals surface area contributed by atoms with Crippen LogP contribution in [0.5, 0.6) is 0 Å². The van der Waals surface area contributed by atoms with Crippen LogP contribution in [0.4, 0.5) is 11.5 Å². The molecule has 2 fully saturated rings. The van der Waals surface area contributed by atoms with E-state index in [-0.39, 0.29) is 23.6 Å². The van der Waals surface area contributed by atoms with Crippen LogP contribution in [0, 0.1) is 5.92 Å². The molecule has 2 aliphatic rings. The minimum atomic E-state index is -0.130. The smallest absolute Gasteiger partial charge is 0.246 e. The molecule has 0 saturated carbocycles. The second-order valence-electron chi connectivity index (χ2n) is 8.02. The van der Waals surface area contributed by atoms with E-state index in [0.29, 0.717) is 38.2 Å². The van der Waals surface area contributed by atoms with Crippen LogP contribution in [0.25, 0.3) is 6.08 Å². The molecule has 4 rings (SSSR count). The molecule has 7 nitrogen and oxygen atoms in total. The van der Waals surface area contributed by atoms with E-state index >= 15 is 0 Å². The number of carbonyl (C=O) groups excluding carboxylic acids is 3. The van der Waals surface area contributed by atoms with E-state index in [9.17, 15) is 14.4 Å². The predicted octanol–water partition coefficient (Wildman–Crippen LogP) is 3.86. The Hall–Kier alpha value is -3.00.